The summed E-state index contributed by atoms with van der Waals surface area (Å²) in [7, 11) is 0. The molecule has 0 atom stereocenters. The van der Waals surface area contributed by atoms with Gasteiger partial charge < -0.3 is 9.13 Å². The van der Waals surface area contributed by atoms with E-state index in [-0.39, 0.29) is 0 Å². The van der Waals surface area contributed by atoms with E-state index in [9.17, 15) is 11.8 Å². The zero-order valence-electron chi connectivity index (χ0n) is 46.2. The fourth-order valence-electron chi connectivity index (χ4n) is 13.7. The lowest BCUT2D eigenvalue weighted by molar-refractivity contribution is 1.14. The van der Waals surface area contributed by atoms with Gasteiger partial charge in [-0.15, -0.1) is 22.7 Å². The Balaban J connectivity index is 1.19. The van der Waals surface area contributed by atoms with Crippen LogP contribution in [0.3, 0.4) is 0 Å². The van der Waals surface area contributed by atoms with Crippen molar-refractivity contribution >= 4 is 112 Å². The van der Waals surface area contributed by atoms with Gasteiger partial charge in [-0.1, -0.05) is 243 Å². The van der Waals surface area contributed by atoms with Gasteiger partial charge in [0.1, 0.15) is 6.07 Å². The van der Waals surface area contributed by atoms with Gasteiger partial charge in [0.05, 0.1) is 55.0 Å². The maximum atomic E-state index is 12.7. The van der Waals surface area contributed by atoms with Gasteiger partial charge in [-0.2, -0.15) is 5.26 Å². The Morgan fingerprint density at radius 2 is 0.721 bits per heavy atom. The molecule has 398 valence electrons. The summed E-state index contributed by atoms with van der Waals surface area (Å²) in [5, 5.41) is 21.7. The molecule has 0 N–H and O–H groups in total. The van der Waals surface area contributed by atoms with E-state index in [0.29, 0.717) is 28.2 Å². The van der Waals surface area contributed by atoms with Gasteiger partial charge in [-0.05, 0) is 92.0 Å². The summed E-state index contributed by atoms with van der Waals surface area (Å²) in [6, 6.07) is 102. The average molecular weight is 1130 g/mol. The molecule has 0 saturated carbocycles. The lowest BCUT2D eigenvalue weighted by Gasteiger charge is -2.26. The number of hydrogen-bond donors (Lipinski definition) is 0. The minimum atomic E-state index is 0.388. The first-order chi connectivity index (χ1) is 42.6. The molecule has 4 aromatic heterocycles. The molecule has 6 heteroatoms. The Morgan fingerprint density at radius 3 is 1.14 bits per heavy atom. The van der Waals surface area contributed by atoms with Crippen molar-refractivity contribution in [1.29, 1.82) is 5.26 Å². The van der Waals surface area contributed by atoms with E-state index in [4.69, 9.17) is 4.85 Å². The lowest BCUT2D eigenvalue weighted by atomic mass is 9.88. The quantitative estimate of drug-likeness (QED) is 0.140. The van der Waals surface area contributed by atoms with E-state index in [0.717, 1.165) is 125 Å². The molecule has 17 aromatic rings. The van der Waals surface area contributed by atoms with Crippen LogP contribution in [0.25, 0.3) is 167 Å². The van der Waals surface area contributed by atoms with Crippen molar-refractivity contribution in [2.24, 2.45) is 0 Å². The molecule has 0 aliphatic heterocycles. The maximum absolute atomic E-state index is 12.7. The minimum Gasteiger partial charge on any atom is -0.318 e. The molecule has 17 rings (SSSR count). The van der Waals surface area contributed by atoms with Crippen LogP contribution in [0.15, 0.2) is 279 Å². The van der Waals surface area contributed by atoms with E-state index in [2.05, 4.69) is 276 Å². The molecule has 0 aliphatic carbocycles. The summed E-state index contributed by atoms with van der Waals surface area (Å²) < 4.78 is 9.46. The first-order valence-corrected chi connectivity index (χ1v) is 30.5. The molecule has 0 spiro atoms. The fraction of sp³-hybridized carbons (Fsp3) is 0. The van der Waals surface area contributed by atoms with Crippen LogP contribution in [0.5, 0.6) is 0 Å². The van der Waals surface area contributed by atoms with E-state index >= 15 is 0 Å². The van der Waals surface area contributed by atoms with Crippen LogP contribution >= 0.6 is 22.7 Å². The zero-order chi connectivity index (χ0) is 57.0. The van der Waals surface area contributed by atoms with E-state index in [1.165, 1.54) is 20.2 Å². The average Bonchev–Trinajstić information content (AvgIpc) is 1.51. The third kappa shape index (κ3) is 7.45. The summed E-state index contributed by atoms with van der Waals surface area (Å²) >= 11 is 3.61. The first kappa shape index (κ1) is 49.5. The molecule has 0 aliphatic rings. The summed E-state index contributed by atoms with van der Waals surface area (Å²) in [5.41, 5.74) is 17.8. The molecule has 86 heavy (non-hydrogen) atoms. The van der Waals surface area contributed by atoms with Crippen LogP contribution in [0.2, 0.25) is 0 Å². The lowest BCUT2D eigenvalue weighted by Crippen LogP contribution is -2.09. The molecule has 0 fully saturated rings. The number of fused-ring (bicyclic) bond motifs is 14. The molecular formula is C80H46N4S2. The molecule has 0 amide bonds. The van der Waals surface area contributed by atoms with Crippen molar-refractivity contribution in [2.75, 3.05) is 0 Å². The van der Waals surface area contributed by atoms with Crippen molar-refractivity contribution in [2.45, 2.75) is 0 Å². The predicted octanol–water partition coefficient (Wildman–Crippen LogP) is 23.0. The van der Waals surface area contributed by atoms with E-state index in [1.807, 2.05) is 18.2 Å². The van der Waals surface area contributed by atoms with Crippen LogP contribution in [0.4, 0.5) is 5.69 Å². The van der Waals surface area contributed by atoms with Gasteiger partial charge in [0.2, 0.25) is 5.69 Å². The zero-order valence-corrected chi connectivity index (χ0v) is 47.8. The number of nitriles is 1. The van der Waals surface area contributed by atoms with Crippen molar-refractivity contribution < 1.29 is 0 Å². The van der Waals surface area contributed by atoms with Crippen LogP contribution in [0, 0.1) is 17.9 Å². The standard InChI is InChI=1S/C80H46N4S2/c1-82-74-70(53-32-16-6-17-33-53)65(48-81)75(71(54-34-18-7-19-35-54)76(74)83-66-44-55(49-24-8-2-9-25-49)40-42-57(66)58-43-41-56(45-67(58)83)50-26-10-3-11-27-50)84-77-72(61(51-28-12-4-13-29-51)46-63-59-36-20-22-38-68(59)85-79(63)77)73-62(52-30-14-5-15-31-52)47-64-60-37-21-23-39-69(60)86-80(64)78(73)84/h2-47H. The van der Waals surface area contributed by atoms with Gasteiger partial charge in [-0.3, -0.25) is 0 Å². The summed E-state index contributed by atoms with van der Waals surface area (Å²) in [5.74, 6) is 0. The largest absolute Gasteiger partial charge is 0.318 e. The third-order valence-corrected chi connectivity index (χ3v) is 19.7. The third-order valence-electron chi connectivity index (χ3n) is 17.4. The molecule has 0 unspecified atom stereocenters. The smallest absolute Gasteiger partial charge is 0.220 e. The van der Waals surface area contributed by atoms with Gasteiger partial charge in [0.25, 0.3) is 0 Å². The Bertz CT molecular complexity index is 5420. The monoisotopic (exact) mass is 1130 g/mol. The van der Waals surface area contributed by atoms with Crippen LogP contribution in [-0.4, -0.2) is 9.13 Å². The van der Waals surface area contributed by atoms with E-state index in [1.54, 1.807) is 22.7 Å². The molecule has 0 saturated heterocycles. The summed E-state index contributed by atoms with van der Waals surface area (Å²) in [6.07, 6.45) is 0. The number of rotatable bonds is 8. The predicted molar refractivity (Wildman–Crippen MR) is 364 cm³/mol. The number of aromatic nitrogens is 2. The Labute approximate surface area is 503 Å². The van der Waals surface area contributed by atoms with E-state index < -0.39 is 0 Å². The SMILES string of the molecule is [C-]#[N+]c1c(-c2ccccc2)c(C#N)c(-n2c3c4sc5ccccc5c4cc(-c4ccccc4)c3c3c(-c4ccccc4)cc4c5ccccc5sc4c32)c(-c2ccccc2)c1-n1c2cc(-c3ccccc3)ccc2c2ccc(-c3ccccc3)cc21. The second-order valence-corrected chi connectivity index (χ2v) is 24.1. The van der Waals surface area contributed by atoms with Crippen molar-refractivity contribution in [1.82, 2.24) is 9.13 Å². The highest BCUT2D eigenvalue weighted by Gasteiger charge is 2.35. The topological polar surface area (TPSA) is 38.0 Å². The van der Waals surface area contributed by atoms with Crippen molar-refractivity contribution in [3.63, 3.8) is 0 Å². The van der Waals surface area contributed by atoms with Gasteiger partial charge in [0, 0.05) is 63.6 Å². The van der Waals surface area contributed by atoms with Gasteiger partial charge in [0.15, 0.2) is 0 Å². The molecule has 0 bridgehead atoms. The second-order valence-electron chi connectivity index (χ2n) is 22.0. The molecular weight excluding hydrogens is 1080 g/mol. The Morgan fingerprint density at radius 1 is 0.337 bits per heavy atom. The molecule has 4 nitrogen and oxygen atoms in total. The Kier molecular flexibility index (Phi) is 11.4. The number of hydrogen-bond acceptors (Lipinski definition) is 3. The first-order valence-electron chi connectivity index (χ1n) is 28.8. The van der Waals surface area contributed by atoms with Crippen LogP contribution in [0.1, 0.15) is 5.56 Å². The van der Waals surface area contributed by atoms with Gasteiger partial charge >= 0.3 is 0 Å². The fourth-order valence-corrected chi connectivity index (χ4v) is 16.1. The van der Waals surface area contributed by atoms with Crippen molar-refractivity contribution in [3.05, 3.63) is 296 Å². The van der Waals surface area contributed by atoms with Gasteiger partial charge in [-0.25, -0.2) is 4.85 Å². The highest BCUT2D eigenvalue weighted by Crippen LogP contribution is 2.57. The van der Waals surface area contributed by atoms with Crippen molar-refractivity contribution in [3.8, 4) is 84.2 Å². The number of benzene rings is 13. The summed E-state index contributed by atoms with van der Waals surface area (Å²) in [6.45, 7) is 9.77. The highest BCUT2D eigenvalue weighted by molar-refractivity contribution is 7.27. The molecule has 4 heterocycles. The highest BCUT2D eigenvalue weighted by atomic mass is 32.1. The second kappa shape index (κ2) is 19.8. The normalized spacial score (nSPS) is 11.7. The number of thiophene rings is 2. The maximum Gasteiger partial charge on any atom is 0.220 e. The van der Waals surface area contributed by atoms with Crippen LogP contribution < -0.4 is 0 Å². The summed E-state index contributed by atoms with van der Waals surface area (Å²) in [4.78, 5) is 4.76. The Hall–Kier alpha value is -11.1. The molecule has 0 radical (unpaired) electrons. The van der Waals surface area contributed by atoms with Crippen LogP contribution in [-0.2, 0) is 0 Å². The molecule has 13 aromatic carbocycles. The number of nitrogens with zero attached hydrogens (tertiary/aromatic N) is 4. The minimum absolute atomic E-state index is 0.388.